The van der Waals surface area contributed by atoms with Gasteiger partial charge in [0.15, 0.2) is 0 Å². The lowest BCUT2D eigenvalue weighted by Gasteiger charge is -2.31. The van der Waals surface area contributed by atoms with E-state index in [1.165, 1.54) is 13.8 Å². The lowest BCUT2D eigenvalue weighted by Crippen LogP contribution is -2.42. The topological polar surface area (TPSA) is 78.5 Å². The van der Waals surface area contributed by atoms with E-state index in [9.17, 15) is 14.4 Å². The molecule has 1 aromatic rings. The molecule has 0 saturated carbocycles. The maximum atomic E-state index is 12.3. The highest BCUT2D eigenvalue weighted by atomic mass is 16.2. The average molecular weight is 303 g/mol. The Balaban J connectivity index is 1.93. The van der Waals surface area contributed by atoms with Crippen LogP contribution < -0.4 is 10.6 Å². The molecule has 1 aromatic carbocycles. The number of rotatable bonds is 3. The molecule has 2 N–H and O–H groups in total. The fourth-order valence-corrected chi connectivity index (χ4v) is 2.56. The van der Waals surface area contributed by atoms with Crippen LogP contribution in [0.2, 0.25) is 0 Å². The van der Waals surface area contributed by atoms with Crippen LogP contribution in [0.1, 0.15) is 26.7 Å². The van der Waals surface area contributed by atoms with Crippen LogP contribution in [0.4, 0.5) is 11.4 Å². The van der Waals surface area contributed by atoms with E-state index in [1.807, 2.05) is 0 Å². The minimum absolute atomic E-state index is 0.0113. The summed E-state index contributed by atoms with van der Waals surface area (Å²) in [4.78, 5) is 36.4. The highest BCUT2D eigenvalue weighted by molar-refractivity contribution is 5.94. The van der Waals surface area contributed by atoms with E-state index in [2.05, 4.69) is 10.6 Å². The van der Waals surface area contributed by atoms with Gasteiger partial charge in [0.2, 0.25) is 17.7 Å². The number of hydrogen-bond donors (Lipinski definition) is 2. The molecule has 0 spiro atoms. The van der Waals surface area contributed by atoms with Crippen LogP contribution in [0.5, 0.6) is 0 Å². The number of nitrogens with zero attached hydrogens (tertiary/aromatic N) is 1. The lowest BCUT2D eigenvalue weighted by atomic mass is 9.97. The zero-order valence-corrected chi connectivity index (χ0v) is 12.9. The van der Waals surface area contributed by atoms with Crippen LogP contribution in [0.3, 0.4) is 0 Å². The van der Waals surface area contributed by atoms with Crippen molar-refractivity contribution >= 4 is 29.1 Å². The molecule has 1 aliphatic rings. The first-order valence-corrected chi connectivity index (χ1v) is 7.39. The molecule has 118 valence electrons. The van der Waals surface area contributed by atoms with Crippen LogP contribution in [0.25, 0.3) is 0 Å². The highest BCUT2D eigenvalue weighted by Gasteiger charge is 2.26. The van der Waals surface area contributed by atoms with Crippen molar-refractivity contribution in [2.24, 2.45) is 5.92 Å². The first-order valence-electron chi connectivity index (χ1n) is 7.39. The van der Waals surface area contributed by atoms with Crippen LogP contribution in [-0.2, 0) is 14.4 Å². The normalized spacial score (nSPS) is 17.7. The molecule has 0 aromatic heterocycles. The SMILES string of the molecule is CC(=O)Nc1ccc(NC(=O)[C@H]2CCCN(C(C)=O)C2)cc1. The van der Waals surface area contributed by atoms with Crippen molar-refractivity contribution in [2.45, 2.75) is 26.7 Å². The first-order chi connectivity index (χ1) is 10.5. The molecular weight excluding hydrogens is 282 g/mol. The van der Waals surface area contributed by atoms with Crippen molar-refractivity contribution in [2.75, 3.05) is 23.7 Å². The Morgan fingerprint density at radius 2 is 1.64 bits per heavy atom. The first kappa shape index (κ1) is 16.0. The molecule has 1 atom stereocenters. The van der Waals surface area contributed by atoms with E-state index in [1.54, 1.807) is 29.2 Å². The van der Waals surface area contributed by atoms with Gasteiger partial charge in [0, 0.05) is 38.3 Å². The Kier molecular flexibility index (Phi) is 5.14. The summed E-state index contributed by atoms with van der Waals surface area (Å²) in [6, 6.07) is 6.96. The number of carbonyl (C=O) groups excluding carboxylic acids is 3. The summed E-state index contributed by atoms with van der Waals surface area (Å²) in [5, 5.41) is 5.53. The van der Waals surface area contributed by atoms with E-state index in [4.69, 9.17) is 0 Å². The van der Waals surface area contributed by atoms with E-state index in [-0.39, 0.29) is 23.6 Å². The van der Waals surface area contributed by atoms with E-state index >= 15 is 0 Å². The maximum Gasteiger partial charge on any atom is 0.229 e. The Bertz CT molecular complexity index is 569. The predicted octanol–water partition coefficient (Wildman–Crippen LogP) is 1.84. The number of piperidine rings is 1. The van der Waals surface area contributed by atoms with Gasteiger partial charge in [-0.15, -0.1) is 0 Å². The Hall–Kier alpha value is -2.37. The summed E-state index contributed by atoms with van der Waals surface area (Å²) in [5.41, 5.74) is 1.37. The van der Waals surface area contributed by atoms with Gasteiger partial charge in [-0.2, -0.15) is 0 Å². The second-order valence-electron chi connectivity index (χ2n) is 5.55. The Morgan fingerprint density at radius 1 is 1.05 bits per heavy atom. The smallest absolute Gasteiger partial charge is 0.229 e. The second kappa shape index (κ2) is 7.06. The molecule has 1 heterocycles. The molecule has 6 heteroatoms. The highest BCUT2D eigenvalue weighted by Crippen LogP contribution is 2.20. The number of amides is 3. The van der Waals surface area contributed by atoms with Gasteiger partial charge in [-0.1, -0.05) is 0 Å². The molecule has 1 fully saturated rings. The number of nitrogens with one attached hydrogen (secondary N) is 2. The zero-order valence-electron chi connectivity index (χ0n) is 12.9. The number of benzene rings is 1. The predicted molar refractivity (Wildman–Crippen MR) is 84.4 cm³/mol. The number of carbonyl (C=O) groups is 3. The third kappa shape index (κ3) is 4.31. The number of hydrogen-bond acceptors (Lipinski definition) is 3. The van der Waals surface area contributed by atoms with Gasteiger partial charge in [0.25, 0.3) is 0 Å². The molecular formula is C16H21N3O3. The summed E-state index contributed by atoms with van der Waals surface area (Å²) in [5.74, 6) is -0.369. The fraction of sp³-hybridized carbons (Fsp3) is 0.438. The van der Waals surface area contributed by atoms with Gasteiger partial charge in [-0.05, 0) is 37.1 Å². The van der Waals surface area contributed by atoms with Gasteiger partial charge >= 0.3 is 0 Å². The minimum atomic E-state index is -0.173. The van der Waals surface area contributed by atoms with Crippen molar-refractivity contribution in [1.29, 1.82) is 0 Å². The molecule has 22 heavy (non-hydrogen) atoms. The molecule has 0 aliphatic carbocycles. The Labute approximate surface area is 129 Å². The summed E-state index contributed by atoms with van der Waals surface area (Å²) in [6.45, 7) is 4.18. The van der Waals surface area contributed by atoms with Crippen LogP contribution >= 0.6 is 0 Å². The van der Waals surface area contributed by atoms with E-state index in [0.717, 1.165) is 19.4 Å². The molecule has 0 unspecified atom stereocenters. The molecule has 1 aliphatic heterocycles. The van der Waals surface area contributed by atoms with Gasteiger partial charge in [0.1, 0.15) is 0 Å². The van der Waals surface area contributed by atoms with Crippen LogP contribution in [-0.4, -0.2) is 35.7 Å². The van der Waals surface area contributed by atoms with Gasteiger partial charge in [-0.3, -0.25) is 14.4 Å². The molecule has 0 radical (unpaired) electrons. The standard InChI is InChI=1S/C16H21N3O3/c1-11(20)17-14-5-7-15(8-6-14)18-16(22)13-4-3-9-19(10-13)12(2)21/h5-8,13H,3-4,9-10H2,1-2H3,(H,17,20)(H,18,22)/t13-/m0/s1. The van der Waals surface area contributed by atoms with Crippen molar-refractivity contribution < 1.29 is 14.4 Å². The summed E-state index contributed by atoms with van der Waals surface area (Å²) in [6.07, 6.45) is 1.64. The van der Waals surface area contributed by atoms with Gasteiger partial charge in [0.05, 0.1) is 5.92 Å². The van der Waals surface area contributed by atoms with E-state index in [0.29, 0.717) is 17.9 Å². The fourth-order valence-electron chi connectivity index (χ4n) is 2.56. The summed E-state index contributed by atoms with van der Waals surface area (Å²) < 4.78 is 0. The third-order valence-corrected chi connectivity index (χ3v) is 3.71. The van der Waals surface area contributed by atoms with Crippen molar-refractivity contribution in [3.63, 3.8) is 0 Å². The monoisotopic (exact) mass is 303 g/mol. The quantitative estimate of drug-likeness (QED) is 0.894. The minimum Gasteiger partial charge on any atom is -0.342 e. The molecule has 1 saturated heterocycles. The zero-order chi connectivity index (χ0) is 16.1. The Morgan fingerprint density at radius 3 is 2.18 bits per heavy atom. The van der Waals surface area contributed by atoms with Crippen molar-refractivity contribution in [3.05, 3.63) is 24.3 Å². The maximum absolute atomic E-state index is 12.3. The van der Waals surface area contributed by atoms with Crippen molar-refractivity contribution in [3.8, 4) is 0 Å². The average Bonchev–Trinajstić information content (AvgIpc) is 2.49. The summed E-state index contributed by atoms with van der Waals surface area (Å²) >= 11 is 0. The van der Waals surface area contributed by atoms with Crippen LogP contribution in [0.15, 0.2) is 24.3 Å². The van der Waals surface area contributed by atoms with Crippen LogP contribution in [0, 0.1) is 5.92 Å². The molecule has 3 amide bonds. The lowest BCUT2D eigenvalue weighted by molar-refractivity contribution is -0.132. The number of anilines is 2. The van der Waals surface area contributed by atoms with Gasteiger partial charge < -0.3 is 15.5 Å². The molecule has 2 rings (SSSR count). The van der Waals surface area contributed by atoms with Crippen molar-refractivity contribution in [1.82, 2.24) is 4.90 Å². The van der Waals surface area contributed by atoms with Gasteiger partial charge in [-0.25, -0.2) is 0 Å². The molecule has 6 nitrogen and oxygen atoms in total. The third-order valence-electron chi connectivity index (χ3n) is 3.71. The molecule has 0 bridgehead atoms. The summed E-state index contributed by atoms with van der Waals surface area (Å²) in [7, 11) is 0. The largest absolute Gasteiger partial charge is 0.342 e. The number of likely N-dealkylation sites (tertiary alicyclic amines) is 1. The van der Waals surface area contributed by atoms with E-state index < -0.39 is 0 Å². The second-order valence-corrected chi connectivity index (χ2v) is 5.55.